The highest BCUT2D eigenvalue weighted by atomic mass is 32.1. The average molecular weight is 321 g/mol. The minimum Gasteiger partial charge on any atom is -0.356 e. The molecule has 2 heterocycles. The van der Waals surface area contributed by atoms with Crippen molar-refractivity contribution in [2.45, 2.75) is 32.2 Å². The van der Waals surface area contributed by atoms with Gasteiger partial charge in [-0.2, -0.15) is 0 Å². The van der Waals surface area contributed by atoms with Crippen molar-refractivity contribution in [2.75, 3.05) is 33.2 Å². The van der Waals surface area contributed by atoms with Gasteiger partial charge in [0.05, 0.1) is 0 Å². The van der Waals surface area contributed by atoms with E-state index in [0.717, 1.165) is 37.4 Å². The van der Waals surface area contributed by atoms with E-state index in [2.05, 4.69) is 38.0 Å². The van der Waals surface area contributed by atoms with Crippen LogP contribution in [0.1, 0.15) is 30.6 Å². The molecular formula is C17H28N4S. The van der Waals surface area contributed by atoms with Crippen LogP contribution in [0.4, 0.5) is 0 Å². The third-order valence-corrected chi connectivity index (χ3v) is 5.56. The van der Waals surface area contributed by atoms with Gasteiger partial charge in [0.25, 0.3) is 0 Å². The van der Waals surface area contributed by atoms with Gasteiger partial charge in [-0.25, -0.2) is 0 Å². The Hall–Kier alpha value is -1.07. The fourth-order valence-electron chi connectivity index (χ4n) is 3.00. The molecule has 0 spiro atoms. The number of rotatable bonds is 6. The highest BCUT2D eigenvalue weighted by Gasteiger charge is 2.22. The Balaban J connectivity index is 1.32. The quantitative estimate of drug-likeness (QED) is 0.625. The van der Waals surface area contributed by atoms with Crippen LogP contribution in [-0.4, -0.2) is 44.1 Å². The summed E-state index contributed by atoms with van der Waals surface area (Å²) >= 11 is 1.87. The van der Waals surface area contributed by atoms with Crippen molar-refractivity contribution in [3.63, 3.8) is 0 Å². The summed E-state index contributed by atoms with van der Waals surface area (Å²) in [5.41, 5.74) is 0. The molecule has 0 bridgehead atoms. The van der Waals surface area contributed by atoms with Gasteiger partial charge in [0.2, 0.25) is 0 Å². The molecule has 1 aromatic heterocycles. The number of likely N-dealkylation sites (tertiary alicyclic amines) is 1. The van der Waals surface area contributed by atoms with Crippen molar-refractivity contribution >= 4 is 17.3 Å². The van der Waals surface area contributed by atoms with E-state index < -0.39 is 0 Å². The van der Waals surface area contributed by atoms with Crippen molar-refractivity contribution in [3.05, 3.63) is 22.4 Å². The van der Waals surface area contributed by atoms with Crippen LogP contribution in [0.5, 0.6) is 0 Å². The topological polar surface area (TPSA) is 39.7 Å². The lowest BCUT2D eigenvalue weighted by molar-refractivity contribution is 0.179. The van der Waals surface area contributed by atoms with E-state index in [4.69, 9.17) is 0 Å². The van der Waals surface area contributed by atoms with Gasteiger partial charge in [-0.3, -0.25) is 9.89 Å². The Labute approximate surface area is 138 Å². The van der Waals surface area contributed by atoms with Crippen LogP contribution in [-0.2, 0) is 6.54 Å². The van der Waals surface area contributed by atoms with Crippen LogP contribution in [0, 0.1) is 11.8 Å². The van der Waals surface area contributed by atoms with E-state index in [1.807, 2.05) is 18.4 Å². The molecule has 1 saturated carbocycles. The predicted molar refractivity (Wildman–Crippen MR) is 94.4 cm³/mol. The Morgan fingerprint density at radius 1 is 1.18 bits per heavy atom. The highest BCUT2D eigenvalue weighted by Crippen LogP contribution is 2.27. The summed E-state index contributed by atoms with van der Waals surface area (Å²) in [6.07, 6.45) is 5.34. The number of thiophene rings is 1. The second-order valence-corrected chi connectivity index (χ2v) is 7.61. The third-order valence-electron chi connectivity index (χ3n) is 4.70. The molecule has 122 valence electrons. The maximum absolute atomic E-state index is 4.32. The van der Waals surface area contributed by atoms with Gasteiger partial charge < -0.3 is 10.6 Å². The van der Waals surface area contributed by atoms with Gasteiger partial charge in [-0.15, -0.1) is 11.3 Å². The molecule has 0 aromatic carbocycles. The number of guanidine groups is 1. The van der Waals surface area contributed by atoms with Gasteiger partial charge in [-0.05, 0) is 62.1 Å². The molecule has 0 unspecified atom stereocenters. The fraction of sp³-hybridized carbons (Fsp3) is 0.706. The van der Waals surface area contributed by atoms with Crippen LogP contribution in [0.2, 0.25) is 0 Å². The number of hydrogen-bond donors (Lipinski definition) is 2. The molecule has 0 atom stereocenters. The second-order valence-electron chi connectivity index (χ2n) is 6.58. The highest BCUT2D eigenvalue weighted by molar-refractivity contribution is 7.09. The average Bonchev–Trinajstić information content (AvgIpc) is 3.24. The first-order valence-electron chi connectivity index (χ1n) is 8.52. The van der Waals surface area contributed by atoms with Crippen molar-refractivity contribution in [1.82, 2.24) is 15.5 Å². The molecule has 1 aliphatic heterocycles. The van der Waals surface area contributed by atoms with Crippen molar-refractivity contribution in [2.24, 2.45) is 16.8 Å². The van der Waals surface area contributed by atoms with Crippen molar-refractivity contribution in [3.8, 4) is 0 Å². The Bertz CT molecular complexity index is 459. The van der Waals surface area contributed by atoms with Crippen LogP contribution >= 0.6 is 11.3 Å². The minimum atomic E-state index is 0.777. The molecule has 1 saturated heterocycles. The molecule has 4 nitrogen and oxygen atoms in total. The maximum Gasteiger partial charge on any atom is 0.190 e. The number of nitrogens with zero attached hydrogens (tertiary/aromatic N) is 2. The van der Waals surface area contributed by atoms with Crippen LogP contribution < -0.4 is 10.6 Å². The van der Waals surface area contributed by atoms with Gasteiger partial charge in [-0.1, -0.05) is 6.07 Å². The normalized spacial score (nSPS) is 21.0. The number of piperidine rings is 1. The molecule has 22 heavy (non-hydrogen) atoms. The molecule has 0 radical (unpaired) electrons. The molecule has 1 aromatic rings. The molecule has 2 fully saturated rings. The first-order chi connectivity index (χ1) is 10.8. The molecule has 3 rings (SSSR count). The number of hydrogen-bond acceptors (Lipinski definition) is 3. The minimum absolute atomic E-state index is 0.777. The maximum atomic E-state index is 4.32. The van der Waals surface area contributed by atoms with Crippen LogP contribution in [0.15, 0.2) is 22.5 Å². The zero-order valence-electron chi connectivity index (χ0n) is 13.6. The molecule has 5 heteroatoms. The van der Waals surface area contributed by atoms with E-state index >= 15 is 0 Å². The smallest absolute Gasteiger partial charge is 0.190 e. The monoisotopic (exact) mass is 320 g/mol. The summed E-state index contributed by atoms with van der Waals surface area (Å²) in [5, 5.41) is 9.12. The van der Waals surface area contributed by atoms with Gasteiger partial charge >= 0.3 is 0 Å². The van der Waals surface area contributed by atoms with E-state index in [1.54, 1.807) is 0 Å². The van der Waals surface area contributed by atoms with E-state index in [1.165, 1.54) is 43.6 Å². The lowest BCUT2D eigenvalue weighted by Crippen LogP contribution is -2.43. The fourth-order valence-corrected chi connectivity index (χ4v) is 3.74. The summed E-state index contributed by atoms with van der Waals surface area (Å²) in [6, 6.07) is 4.39. The van der Waals surface area contributed by atoms with Crippen molar-refractivity contribution in [1.29, 1.82) is 0 Å². The second kappa shape index (κ2) is 7.97. The molecule has 2 aliphatic rings. The summed E-state index contributed by atoms with van der Waals surface area (Å²) in [6.45, 7) is 5.70. The zero-order valence-corrected chi connectivity index (χ0v) is 14.4. The van der Waals surface area contributed by atoms with Gasteiger partial charge in [0.15, 0.2) is 5.96 Å². The largest absolute Gasteiger partial charge is 0.356 e. The standard InChI is InChI=1S/C17H28N4S/c1-18-17(19-11-14-4-5-14)20-12-15-6-8-21(9-7-15)13-16-3-2-10-22-16/h2-3,10,14-15H,4-9,11-13H2,1H3,(H2,18,19,20). The third kappa shape index (κ3) is 4.99. The van der Waals surface area contributed by atoms with Crippen LogP contribution in [0.3, 0.4) is 0 Å². The molecule has 1 aliphatic carbocycles. The summed E-state index contributed by atoms with van der Waals surface area (Å²) in [7, 11) is 1.87. The van der Waals surface area contributed by atoms with Crippen LogP contribution in [0.25, 0.3) is 0 Å². The van der Waals surface area contributed by atoms with Gasteiger partial charge in [0.1, 0.15) is 0 Å². The van der Waals surface area contributed by atoms with Gasteiger partial charge in [0, 0.05) is 31.6 Å². The zero-order chi connectivity index (χ0) is 15.2. The summed E-state index contributed by atoms with van der Waals surface area (Å²) in [5.74, 6) is 2.64. The van der Waals surface area contributed by atoms with E-state index in [0.29, 0.717) is 0 Å². The molecule has 0 amide bonds. The predicted octanol–water partition coefficient (Wildman–Crippen LogP) is 2.54. The van der Waals surface area contributed by atoms with Crippen molar-refractivity contribution < 1.29 is 0 Å². The molecule has 2 N–H and O–H groups in total. The van der Waals surface area contributed by atoms with E-state index in [-0.39, 0.29) is 0 Å². The number of nitrogens with one attached hydrogen (secondary N) is 2. The Morgan fingerprint density at radius 3 is 2.41 bits per heavy atom. The Morgan fingerprint density at radius 2 is 1.86 bits per heavy atom. The number of aliphatic imine (C=N–C) groups is 1. The first-order valence-corrected chi connectivity index (χ1v) is 9.40. The lowest BCUT2D eigenvalue weighted by Gasteiger charge is -2.32. The summed E-state index contributed by atoms with van der Waals surface area (Å²) in [4.78, 5) is 8.40. The Kier molecular flexibility index (Phi) is 5.73. The lowest BCUT2D eigenvalue weighted by atomic mass is 9.97. The summed E-state index contributed by atoms with van der Waals surface area (Å²) < 4.78 is 0. The molecular weight excluding hydrogens is 292 g/mol. The first kappa shape index (κ1) is 15.8. The van der Waals surface area contributed by atoms with E-state index in [9.17, 15) is 0 Å². The SMILES string of the molecule is CN=C(NCC1CC1)NCC1CCN(Cc2cccs2)CC1.